The largest absolute Gasteiger partial charge is 0.480 e. The SMILES string of the molecule is CC(=O)N[C@@H](CCCN=C(N)N)C(=O)N1CCC[C@H]1C(=O)N[C@@H](Cc1ccccc1)C(=O)NCC(=O)N[C@@H](Cc1c[nH]c2ccccc12)C(=O)N[C@@H](CCCCN)C(=O)O. The van der Waals surface area contributed by atoms with Crippen molar-refractivity contribution in [3.8, 4) is 0 Å². The van der Waals surface area contributed by atoms with Crippen LogP contribution in [0.5, 0.6) is 0 Å². The molecule has 1 aromatic heterocycles. The molecule has 0 saturated carbocycles. The number of nitrogens with zero attached hydrogens (tertiary/aromatic N) is 2. The number of carbonyl (C=O) groups is 7. The molecular formula is C41H57N11O8. The van der Waals surface area contributed by atoms with Gasteiger partial charge in [0.25, 0.3) is 0 Å². The highest BCUT2D eigenvalue weighted by molar-refractivity contribution is 5.96. The van der Waals surface area contributed by atoms with Gasteiger partial charge in [0.2, 0.25) is 35.4 Å². The fourth-order valence-electron chi connectivity index (χ4n) is 7.12. The molecule has 0 unspecified atom stereocenters. The summed E-state index contributed by atoms with van der Waals surface area (Å²) in [4.78, 5) is 101. The zero-order valence-corrected chi connectivity index (χ0v) is 33.8. The van der Waals surface area contributed by atoms with Crippen molar-refractivity contribution in [2.75, 3.05) is 26.2 Å². The lowest BCUT2D eigenvalue weighted by Gasteiger charge is -2.29. The smallest absolute Gasteiger partial charge is 0.326 e. The Balaban J connectivity index is 1.47. The van der Waals surface area contributed by atoms with Crippen molar-refractivity contribution >= 4 is 58.3 Å². The minimum Gasteiger partial charge on any atom is -0.480 e. The van der Waals surface area contributed by atoms with Crippen LogP contribution in [-0.4, -0.2) is 119 Å². The summed E-state index contributed by atoms with van der Waals surface area (Å²) in [6, 6.07) is 10.8. The molecular weight excluding hydrogens is 775 g/mol. The summed E-state index contributed by atoms with van der Waals surface area (Å²) < 4.78 is 0. The van der Waals surface area contributed by atoms with Crippen molar-refractivity contribution in [2.45, 2.75) is 94.9 Å². The highest BCUT2D eigenvalue weighted by Gasteiger charge is 2.39. The Morgan fingerprint density at radius 1 is 0.833 bits per heavy atom. The monoisotopic (exact) mass is 831 g/mol. The zero-order chi connectivity index (χ0) is 43.6. The molecule has 2 heterocycles. The number of aliphatic carboxylic acids is 1. The second-order valence-corrected chi connectivity index (χ2v) is 14.7. The van der Waals surface area contributed by atoms with E-state index < -0.39 is 78.2 Å². The van der Waals surface area contributed by atoms with E-state index in [-0.39, 0.29) is 44.7 Å². The van der Waals surface area contributed by atoms with E-state index in [4.69, 9.17) is 17.2 Å². The summed E-state index contributed by atoms with van der Waals surface area (Å²) in [7, 11) is 0. The first kappa shape index (κ1) is 46.2. The predicted molar refractivity (Wildman–Crippen MR) is 224 cm³/mol. The number of aromatic amines is 1. The molecule has 0 spiro atoms. The molecule has 2 aromatic carbocycles. The minimum atomic E-state index is -1.23. The van der Waals surface area contributed by atoms with Crippen LogP contribution in [0.15, 0.2) is 65.8 Å². The van der Waals surface area contributed by atoms with Crippen LogP contribution in [-0.2, 0) is 46.4 Å². The number of amides is 6. The van der Waals surface area contributed by atoms with E-state index in [9.17, 15) is 38.7 Å². The molecule has 0 aliphatic carbocycles. The number of para-hydroxylation sites is 1. The number of rotatable bonds is 23. The number of H-pyrrole nitrogens is 1. The summed E-state index contributed by atoms with van der Waals surface area (Å²) in [5.74, 6) is -4.95. The van der Waals surface area contributed by atoms with Crippen LogP contribution in [0.3, 0.4) is 0 Å². The third-order valence-electron chi connectivity index (χ3n) is 10.1. The topological polar surface area (TPSA) is 309 Å². The van der Waals surface area contributed by atoms with E-state index in [0.29, 0.717) is 49.8 Å². The van der Waals surface area contributed by atoms with Gasteiger partial charge in [-0.05, 0) is 68.7 Å². The molecule has 3 aromatic rings. The number of hydrogen-bond acceptors (Lipinski definition) is 9. The van der Waals surface area contributed by atoms with Gasteiger partial charge in [-0.15, -0.1) is 0 Å². The predicted octanol–water partition coefficient (Wildman–Crippen LogP) is -0.713. The van der Waals surface area contributed by atoms with Gasteiger partial charge >= 0.3 is 5.97 Å². The highest BCUT2D eigenvalue weighted by Crippen LogP contribution is 2.21. The molecule has 19 heteroatoms. The normalized spacial score (nSPS) is 15.5. The van der Waals surface area contributed by atoms with Gasteiger partial charge in [0, 0.05) is 50.0 Å². The molecule has 324 valence electrons. The number of aromatic nitrogens is 1. The third kappa shape index (κ3) is 14.1. The van der Waals surface area contributed by atoms with E-state index >= 15 is 0 Å². The summed E-state index contributed by atoms with van der Waals surface area (Å²) in [6.45, 7) is 1.57. The number of carboxylic acids is 1. The average Bonchev–Trinajstić information content (AvgIpc) is 3.88. The number of likely N-dealkylation sites (tertiary alicyclic amines) is 1. The van der Waals surface area contributed by atoms with Crippen molar-refractivity contribution < 1.29 is 38.7 Å². The lowest BCUT2D eigenvalue weighted by molar-refractivity contribution is -0.142. The molecule has 1 fully saturated rings. The van der Waals surface area contributed by atoms with Crippen molar-refractivity contribution in [1.82, 2.24) is 36.5 Å². The molecule has 60 heavy (non-hydrogen) atoms. The molecule has 19 nitrogen and oxygen atoms in total. The van der Waals surface area contributed by atoms with Gasteiger partial charge in [-0.1, -0.05) is 48.5 Å². The number of nitrogens with two attached hydrogens (primary N) is 3. The molecule has 1 saturated heterocycles. The van der Waals surface area contributed by atoms with E-state index in [1.807, 2.05) is 24.3 Å². The standard InChI is InChI=1S/C41H57N11O8/c1-25(53)48-30(16-9-19-45-41(43)44)39(58)52-20-10-17-34(52)38(57)51-32(21-26-11-3-2-4-12-26)36(55)47-24-35(54)49-33(22-27-23-46-29-14-6-5-13-28(27)29)37(56)50-31(40(59)60)15-7-8-18-42/h2-6,11-14,23,30-34,46H,7-10,15-22,24,42H2,1H3,(H,47,55)(H,48,53)(H,49,54)(H,50,56)(H,51,57)(H,59,60)(H4,43,44,45)/t30-,31-,32-,33-,34-/m0/s1. The lowest BCUT2D eigenvalue weighted by Crippen LogP contribution is -2.57. The number of aliphatic imine (C=N–C) groups is 1. The van der Waals surface area contributed by atoms with Crippen LogP contribution in [0, 0.1) is 0 Å². The second-order valence-electron chi connectivity index (χ2n) is 14.7. The maximum atomic E-state index is 13.9. The Hall–Kier alpha value is -6.50. The van der Waals surface area contributed by atoms with Crippen LogP contribution in [0.25, 0.3) is 10.9 Å². The Morgan fingerprint density at radius 3 is 2.23 bits per heavy atom. The number of benzene rings is 2. The van der Waals surface area contributed by atoms with Gasteiger partial charge in [0.05, 0.1) is 6.54 Å². The molecule has 0 radical (unpaired) electrons. The summed E-state index contributed by atoms with van der Waals surface area (Å²) in [5, 5.41) is 23.8. The maximum Gasteiger partial charge on any atom is 0.326 e. The Morgan fingerprint density at radius 2 is 1.53 bits per heavy atom. The van der Waals surface area contributed by atoms with Crippen LogP contribution in [0.2, 0.25) is 0 Å². The minimum absolute atomic E-state index is 0.00698. The van der Waals surface area contributed by atoms with Crippen LogP contribution < -0.4 is 43.8 Å². The summed E-state index contributed by atoms with van der Waals surface area (Å²) >= 11 is 0. The summed E-state index contributed by atoms with van der Waals surface area (Å²) in [5.41, 5.74) is 18.6. The Labute approximate surface area is 348 Å². The number of hydrogen-bond donors (Lipinski definition) is 10. The van der Waals surface area contributed by atoms with Crippen LogP contribution in [0.4, 0.5) is 0 Å². The van der Waals surface area contributed by atoms with Gasteiger partial charge in [-0.2, -0.15) is 0 Å². The molecule has 1 aliphatic heterocycles. The molecule has 1 aliphatic rings. The number of carbonyl (C=O) groups excluding carboxylic acids is 6. The lowest BCUT2D eigenvalue weighted by atomic mass is 10.0. The van der Waals surface area contributed by atoms with E-state index in [0.717, 1.165) is 10.9 Å². The molecule has 4 rings (SSSR count). The van der Waals surface area contributed by atoms with Gasteiger partial charge < -0.3 is 58.8 Å². The van der Waals surface area contributed by atoms with Crippen molar-refractivity contribution in [3.63, 3.8) is 0 Å². The van der Waals surface area contributed by atoms with E-state index in [2.05, 4.69) is 36.6 Å². The molecule has 6 amide bonds. The fraction of sp³-hybridized carbons (Fsp3) is 0.463. The third-order valence-corrected chi connectivity index (χ3v) is 10.1. The van der Waals surface area contributed by atoms with Crippen molar-refractivity contribution in [3.05, 3.63) is 71.9 Å². The average molecular weight is 832 g/mol. The van der Waals surface area contributed by atoms with Crippen molar-refractivity contribution in [1.29, 1.82) is 0 Å². The summed E-state index contributed by atoms with van der Waals surface area (Å²) in [6.07, 6.45) is 4.37. The van der Waals surface area contributed by atoms with Gasteiger partial charge in [0.1, 0.15) is 30.2 Å². The molecule has 0 bridgehead atoms. The van der Waals surface area contributed by atoms with Gasteiger partial charge in [0.15, 0.2) is 5.96 Å². The second kappa shape index (κ2) is 23.2. The maximum absolute atomic E-state index is 13.9. The van der Waals surface area contributed by atoms with Gasteiger partial charge in [-0.3, -0.25) is 33.8 Å². The number of guanidine groups is 1. The zero-order valence-electron chi connectivity index (χ0n) is 33.8. The first-order valence-electron chi connectivity index (χ1n) is 20.1. The number of carboxylic acid groups (broad SMARTS) is 1. The number of fused-ring (bicyclic) bond motifs is 1. The van der Waals surface area contributed by atoms with Gasteiger partial charge in [-0.25, -0.2) is 4.79 Å². The first-order valence-corrected chi connectivity index (χ1v) is 20.1. The Kier molecular flexibility index (Phi) is 17.8. The molecule has 5 atom stereocenters. The fourth-order valence-corrected chi connectivity index (χ4v) is 7.12. The van der Waals surface area contributed by atoms with Crippen LogP contribution in [0.1, 0.15) is 63.0 Å². The van der Waals surface area contributed by atoms with E-state index in [1.54, 1.807) is 36.5 Å². The van der Waals surface area contributed by atoms with Crippen molar-refractivity contribution in [2.24, 2.45) is 22.2 Å². The van der Waals surface area contributed by atoms with Crippen LogP contribution >= 0.6 is 0 Å². The number of nitrogens with one attached hydrogen (secondary N) is 6. The number of unbranched alkanes of at least 4 members (excludes halogenated alkanes) is 1. The Bertz CT molecular complexity index is 1980. The molecule has 13 N–H and O–H groups in total. The highest BCUT2D eigenvalue weighted by atomic mass is 16.4. The first-order chi connectivity index (χ1) is 28.8. The van der Waals surface area contributed by atoms with E-state index in [1.165, 1.54) is 11.8 Å². The quantitative estimate of drug-likeness (QED) is 0.0323.